The van der Waals surface area contributed by atoms with Gasteiger partial charge in [-0.3, -0.25) is 19.9 Å². The summed E-state index contributed by atoms with van der Waals surface area (Å²) in [6.45, 7) is 22.1. The number of aryl methyl sites for hydroxylation is 4. The second-order valence-electron chi connectivity index (χ2n) is 33.3. The number of nitrogens with zero attached hydrogens (tertiary/aromatic N) is 17. The van der Waals surface area contributed by atoms with Crippen LogP contribution in [0, 0.1) is 39.5 Å². The lowest BCUT2D eigenvalue weighted by molar-refractivity contribution is -0.138. The van der Waals surface area contributed by atoms with Crippen LogP contribution < -0.4 is 63.8 Å². The van der Waals surface area contributed by atoms with E-state index in [0.29, 0.717) is 104 Å². The summed E-state index contributed by atoms with van der Waals surface area (Å²) in [5.41, 5.74) is 24.5. The highest BCUT2D eigenvalue weighted by Gasteiger charge is 2.34. The largest absolute Gasteiger partial charge is 0.416 e. The maximum absolute atomic E-state index is 12.9. The molecule has 0 saturated heterocycles. The molecule has 0 spiro atoms. The number of nitrogens with one attached hydrogen (secondary N) is 11. The molecule has 40 heteroatoms. The number of aromatic nitrogens is 12. The van der Waals surface area contributed by atoms with Crippen LogP contribution in [0.2, 0.25) is 0 Å². The lowest BCUT2D eigenvalue weighted by atomic mass is 10.1. The lowest BCUT2D eigenvalue weighted by Crippen LogP contribution is -2.11. The van der Waals surface area contributed by atoms with Crippen LogP contribution in [-0.2, 0) is 24.7 Å². The van der Waals surface area contributed by atoms with E-state index >= 15 is 0 Å². The van der Waals surface area contributed by atoms with E-state index in [2.05, 4.69) is 181 Å². The van der Waals surface area contributed by atoms with Gasteiger partial charge in [-0.05, 0) is 211 Å². The Hall–Kier alpha value is -16.8. The van der Waals surface area contributed by atoms with Gasteiger partial charge in [0.1, 0.15) is 0 Å². The molecule has 0 aliphatic carbocycles. The Morgan fingerprint density at radius 2 is 0.610 bits per heavy atom. The van der Waals surface area contributed by atoms with E-state index in [1.807, 2.05) is 119 Å². The molecule has 0 amide bonds. The lowest BCUT2D eigenvalue weighted by Gasteiger charge is -2.15. The zero-order valence-corrected chi connectivity index (χ0v) is 78.2. The first kappa shape index (κ1) is 102. The number of rotatable bonds is 29. The van der Waals surface area contributed by atoms with Crippen LogP contribution in [0.1, 0.15) is 109 Å². The quantitative estimate of drug-likeness (QED) is 0.0118. The summed E-state index contributed by atoms with van der Waals surface area (Å²) in [4.78, 5) is 55.3. The monoisotopic (exact) mass is 1930 g/mol. The van der Waals surface area contributed by atoms with E-state index in [1.165, 1.54) is 73.9 Å². The molecule has 8 aromatic heterocycles. The Morgan fingerprint density at radius 1 is 0.305 bits per heavy atom. The van der Waals surface area contributed by atoms with E-state index in [9.17, 15) is 52.7 Å². The van der Waals surface area contributed by atoms with Crippen molar-refractivity contribution in [1.29, 1.82) is 0 Å². The standard InChI is InChI=1S/2C26H26F3N7.C25H24F3N7.C24H22F3N7/c1-16(2)13-31-23-9-5-8-22-17(3)33-25(35-24(22)23)36-32-15-20-10-11-21(14-30-20)34-19-7-4-6-18(12-19)26(27,28)29;1-16(2)13-30-19-9-10-23-17(3)33-25(35-24(23)12-19)36-32-15-21-7-8-22(14-31-21)34-20-6-4-5-18(11-20)26(27,28)29;1-15(2)31-22-9-5-8-21-16(3)32-24(34-23(21)22)35-30-14-19-10-11-20(13-29-19)33-18-7-4-6-17(12-18)25(26,27)28;1-15-20-8-5-9-21(34(2)3)22(20)32-23(30-15)33-29-14-18-10-11-19(13-28-18)31-17-7-4-6-16(12-17)24(25,26)27/h4-12,14-16,31,34H,13H2,1-3H3,(H,33,35,36);4-12,14-16,30,34H,13H2,1-3H3,(H,33,35,36);4-15,31,33H,1-3H3,(H,32,34,35);4-14,31H,1-3H3,(H,30,32,33)/b2*32-15+;30-14+;29-14+. The summed E-state index contributed by atoms with van der Waals surface area (Å²) in [5, 5.41) is 42.4. The summed E-state index contributed by atoms with van der Waals surface area (Å²) < 4.78 is 155. The topological polar surface area (TPSA) is 340 Å². The fourth-order valence-electron chi connectivity index (χ4n) is 13.7. The average Bonchev–Trinajstić information content (AvgIpc) is 0.789. The predicted molar refractivity (Wildman–Crippen MR) is 538 cm³/mol. The molecule has 11 N–H and O–H groups in total. The van der Waals surface area contributed by atoms with Crippen molar-refractivity contribution in [3.05, 3.63) is 311 Å². The molecule has 8 heterocycles. The molecule has 726 valence electrons. The number of fused-ring (bicyclic) bond motifs is 4. The Kier molecular flexibility index (Phi) is 33.1. The van der Waals surface area contributed by atoms with Gasteiger partial charge < -0.3 is 42.1 Å². The van der Waals surface area contributed by atoms with Crippen molar-refractivity contribution in [2.45, 2.75) is 100.0 Å². The van der Waals surface area contributed by atoms with Crippen LogP contribution >= 0.6 is 0 Å². The highest BCUT2D eigenvalue weighted by atomic mass is 19.4. The van der Waals surface area contributed by atoms with Crippen LogP contribution in [0.15, 0.2) is 264 Å². The van der Waals surface area contributed by atoms with Gasteiger partial charge in [-0.25, -0.2) is 61.6 Å². The summed E-state index contributed by atoms with van der Waals surface area (Å²) in [6.07, 6.45) is -5.49. The molecule has 0 radical (unpaired) electrons. The first-order valence-corrected chi connectivity index (χ1v) is 44.1. The summed E-state index contributed by atoms with van der Waals surface area (Å²) in [7, 11) is 3.91. The molecule has 0 aliphatic rings. The SMILES string of the molecule is Cc1nc(N/N=C/c2ccc(Nc3cccc(C(F)(F)F)c3)cn2)nc2c(N(C)C)cccc12.Cc1nc(N/N=C/c2ccc(Nc3cccc(C(F)(F)F)c3)cn2)nc2c(NC(C)C)cccc12.Cc1nc(N/N=C/c2ccc(Nc3cccc(C(F)(F)F)c3)cn2)nc2c(NCC(C)C)cccc12.Cc1nc(N/N=C/c2ccc(Nc3cccc(C(F)(F)F)c3)cn2)nc2cc(NCC(C)C)ccc12. The highest BCUT2D eigenvalue weighted by Crippen LogP contribution is 2.38. The smallest absolute Gasteiger partial charge is 0.385 e. The maximum Gasteiger partial charge on any atom is 0.416 e. The van der Waals surface area contributed by atoms with Crippen LogP contribution in [0.5, 0.6) is 0 Å². The van der Waals surface area contributed by atoms with Crippen LogP contribution in [0.4, 0.5) is 145 Å². The molecule has 0 fully saturated rings. The number of hydrogen-bond donors (Lipinski definition) is 11. The minimum atomic E-state index is -4.40. The highest BCUT2D eigenvalue weighted by molar-refractivity contribution is 5.95. The second kappa shape index (κ2) is 45.9. The van der Waals surface area contributed by atoms with Crippen molar-refractivity contribution in [1.82, 2.24) is 59.8 Å². The Labute approximate surface area is 803 Å². The third-order valence-electron chi connectivity index (χ3n) is 20.5. The number of pyridine rings is 4. The van der Waals surface area contributed by atoms with E-state index in [0.717, 1.165) is 151 Å². The summed E-state index contributed by atoms with van der Waals surface area (Å²) >= 11 is 0. The number of halogens is 12. The fraction of sp³-hybridized carbons (Fsp3) is 0.208. The maximum atomic E-state index is 12.9. The first-order valence-electron chi connectivity index (χ1n) is 44.1. The molecule has 0 saturated carbocycles. The van der Waals surface area contributed by atoms with E-state index in [-0.39, 0.29) is 6.04 Å². The number of alkyl halides is 12. The van der Waals surface area contributed by atoms with Crippen molar-refractivity contribution < 1.29 is 52.7 Å². The molecule has 0 atom stereocenters. The molecule has 16 rings (SSSR count). The van der Waals surface area contributed by atoms with Crippen molar-refractivity contribution in [3.63, 3.8) is 0 Å². The van der Waals surface area contributed by atoms with Gasteiger partial charge in [0, 0.05) is 83.2 Å². The molecular weight excluding hydrogens is 1830 g/mol. The minimum Gasteiger partial charge on any atom is -0.385 e. The van der Waals surface area contributed by atoms with Gasteiger partial charge in [0.25, 0.3) is 0 Å². The molecule has 16 aromatic rings. The van der Waals surface area contributed by atoms with Gasteiger partial charge in [0.15, 0.2) is 0 Å². The van der Waals surface area contributed by atoms with E-state index in [4.69, 9.17) is 0 Å². The first-order chi connectivity index (χ1) is 67.2. The Morgan fingerprint density at radius 3 is 0.943 bits per heavy atom. The number of anilines is 16. The normalized spacial score (nSPS) is 11.8. The van der Waals surface area contributed by atoms with Gasteiger partial charge in [-0.2, -0.15) is 73.1 Å². The zero-order chi connectivity index (χ0) is 101. The van der Waals surface area contributed by atoms with Crippen LogP contribution in [-0.4, -0.2) is 118 Å². The van der Waals surface area contributed by atoms with Gasteiger partial charge in [0.05, 0.1) is 179 Å². The Bertz CT molecular complexity index is 7100. The molecule has 0 aliphatic heterocycles. The van der Waals surface area contributed by atoms with Crippen molar-refractivity contribution >= 4 is 161 Å². The van der Waals surface area contributed by atoms with Crippen LogP contribution in [0.25, 0.3) is 43.6 Å². The predicted octanol–water partition coefficient (Wildman–Crippen LogP) is 25.2. The van der Waals surface area contributed by atoms with Gasteiger partial charge >= 0.3 is 24.7 Å². The molecule has 28 nitrogen and oxygen atoms in total. The van der Waals surface area contributed by atoms with Gasteiger partial charge in [-0.15, -0.1) is 0 Å². The van der Waals surface area contributed by atoms with Crippen molar-refractivity contribution in [2.24, 2.45) is 32.2 Å². The van der Waals surface area contributed by atoms with Gasteiger partial charge in [0.2, 0.25) is 23.8 Å². The molecular formula is C101H98F12N28. The van der Waals surface area contributed by atoms with Gasteiger partial charge in [-0.1, -0.05) is 88.4 Å². The third kappa shape index (κ3) is 29.4. The number of benzene rings is 8. The number of hydrogen-bond acceptors (Lipinski definition) is 28. The molecule has 0 bridgehead atoms. The van der Waals surface area contributed by atoms with E-state index in [1.54, 1.807) is 72.8 Å². The minimum absolute atomic E-state index is 0.252. The second-order valence-corrected chi connectivity index (χ2v) is 33.3. The third-order valence-corrected chi connectivity index (χ3v) is 20.5. The zero-order valence-electron chi connectivity index (χ0n) is 78.2. The summed E-state index contributed by atoms with van der Waals surface area (Å²) in [5.74, 6) is 2.45. The van der Waals surface area contributed by atoms with Crippen LogP contribution in [0.3, 0.4) is 0 Å². The number of hydrazone groups is 4. The molecule has 8 aromatic carbocycles. The number of para-hydroxylation sites is 3. The molecule has 141 heavy (non-hydrogen) atoms. The Balaban J connectivity index is 0.000000158. The van der Waals surface area contributed by atoms with E-state index < -0.39 is 47.0 Å². The van der Waals surface area contributed by atoms with Crippen molar-refractivity contribution in [3.8, 4) is 0 Å². The van der Waals surface area contributed by atoms with Crippen molar-refractivity contribution in [2.75, 3.05) is 91.0 Å². The fourth-order valence-corrected chi connectivity index (χ4v) is 13.7. The average molecular weight is 1930 g/mol. The molecule has 0 unspecified atom stereocenters. The summed E-state index contributed by atoms with van der Waals surface area (Å²) in [6, 6.07) is 57.6.